The highest BCUT2D eigenvalue weighted by atomic mass is 16.5. The van der Waals surface area contributed by atoms with E-state index in [1.54, 1.807) is 6.92 Å². The minimum Gasteiger partial charge on any atom is -0.492 e. The van der Waals surface area contributed by atoms with Crippen molar-refractivity contribution in [2.24, 2.45) is 0 Å². The number of aromatic amines is 1. The maximum absolute atomic E-state index is 12.1. The minimum atomic E-state index is -0.175. The predicted molar refractivity (Wildman–Crippen MR) is 74.2 cm³/mol. The fourth-order valence-corrected chi connectivity index (χ4v) is 2.59. The van der Waals surface area contributed by atoms with E-state index in [1.807, 2.05) is 24.3 Å². The van der Waals surface area contributed by atoms with Crippen LogP contribution in [0.25, 0.3) is 0 Å². The number of nitrogens with one attached hydrogen (secondary N) is 1. The van der Waals surface area contributed by atoms with Gasteiger partial charge >= 0.3 is 0 Å². The predicted octanol–water partition coefficient (Wildman–Crippen LogP) is 1.14. The third-order valence-electron chi connectivity index (χ3n) is 3.63. The number of nitrogens with zero attached hydrogens (tertiary/aromatic N) is 1. The van der Waals surface area contributed by atoms with Crippen molar-refractivity contribution in [2.75, 3.05) is 13.2 Å². The highest BCUT2D eigenvalue weighted by molar-refractivity contribution is 5.43. The smallest absolute Gasteiger partial charge is 0.254 e. The van der Waals surface area contributed by atoms with Gasteiger partial charge in [-0.1, -0.05) is 18.2 Å². The van der Waals surface area contributed by atoms with Crippen LogP contribution in [0.2, 0.25) is 0 Å². The van der Waals surface area contributed by atoms with E-state index in [1.165, 1.54) is 0 Å². The summed E-state index contributed by atoms with van der Waals surface area (Å²) in [6.45, 7) is 2.23. The molecule has 1 aromatic carbocycles. The molecule has 0 radical (unpaired) electrons. The lowest BCUT2D eigenvalue weighted by Gasteiger charge is -2.11. The molecule has 1 aliphatic heterocycles. The molecule has 0 saturated heterocycles. The van der Waals surface area contributed by atoms with Crippen molar-refractivity contribution in [2.45, 2.75) is 19.3 Å². The summed E-state index contributed by atoms with van der Waals surface area (Å²) < 4.78 is 5.62. The van der Waals surface area contributed by atoms with Crippen LogP contribution in [0.5, 0.6) is 5.75 Å². The van der Waals surface area contributed by atoms with Gasteiger partial charge in [0.15, 0.2) is 0 Å². The number of aryl methyl sites for hydroxylation is 1. The Morgan fingerprint density at radius 1 is 1.45 bits per heavy atom. The zero-order valence-electron chi connectivity index (χ0n) is 11.2. The fourth-order valence-electron chi connectivity index (χ4n) is 2.59. The topological polar surface area (TPSA) is 75.2 Å². The maximum atomic E-state index is 12.1. The highest BCUT2D eigenvalue weighted by Gasteiger charge is 2.27. The van der Waals surface area contributed by atoms with E-state index in [2.05, 4.69) is 9.97 Å². The standard InChI is InChI=1S/C15H16N2O3/c1-9-10(6-7-18)15(19)17-14(16-9)12-8-20-13-5-3-2-4-11(12)13/h2-5,12,18H,6-8H2,1H3,(H,16,17,19). The van der Waals surface area contributed by atoms with Crippen LogP contribution in [0.4, 0.5) is 0 Å². The summed E-state index contributed by atoms with van der Waals surface area (Å²) in [7, 11) is 0. The van der Waals surface area contributed by atoms with Crippen LogP contribution in [-0.2, 0) is 6.42 Å². The van der Waals surface area contributed by atoms with Gasteiger partial charge in [0.2, 0.25) is 0 Å². The molecule has 1 aliphatic rings. The van der Waals surface area contributed by atoms with Crippen LogP contribution in [0.1, 0.15) is 28.6 Å². The molecule has 0 aliphatic carbocycles. The van der Waals surface area contributed by atoms with Gasteiger partial charge < -0.3 is 14.8 Å². The first kappa shape index (κ1) is 12.9. The van der Waals surface area contributed by atoms with E-state index in [0.29, 0.717) is 30.1 Å². The third-order valence-corrected chi connectivity index (χ3v) is 3.63. The summed E-state index contributed by atoms with van der Waals surface area (Å²) in [6, 6.07) is 7.78. The van der Waals surface area contributed by atoms with Crippen LogP contribution in [0.3, 0.4) is 0 Å². The molecule has 1 aromatic heterocycles. The summed E-state index contributed by atoms with van der Waals surface area (Å²) in [5, 5.41) is 8.98. The summed E-state index contributed by atoms with van der Waals surface area (Å²) in [6.07, 6.45) is 0.326. The molecule has 20 heavy (non-hydrogen) atoms. The second kappa shape index (κ2) is 5.09. The first-order valence-corrected chi connectivity index (χ1v) is 6.63. The van der Waals surface area contributed by atoms with Gasteiger partial charge in [-0.3, -0.25) is 4.79 Å². The molecule has 0 spiro atoms. The zero-order valence-corrected chi connectivity index (χ0v) is 11.2. The second-order valence-corrected chi connectivity index (χ2v) is 4.89. The molecular weight excluding hydrogens is 256 g/mol. The summed E-state index contributed by atoms with van der Waals surface area (Å²) in [5.74, 6) is 1.43. The van der Waals surface area contributed by atoms with E-state index >= 15 is 0 Å². The van der Waals surface area contributed by atoms with Gasteiger partial charge in [-0.2, -0.15) is 0 Å². The molecule has 1 unspecified atom stereocenters. The van der Waals surface area contributed by atoms with Crippen molar-refractivity contribution in [1.82, 2.24) is 9.97 Å². The van der Waals surface area contributed by atoms with Gasteiger partial charge in [0, 0.05) is 29.8 Å². The van der Waals surface area contributed by atoms with Crippen molar-refractivity contribution in [3.8, 4) is 5.75 Å². The van der Waals surface area contributed by atoms with E-state index in [-0.39, 0.29) is 18.1 Å². The zero-order chi connectivity index (χ0) is 14.1. The van der Waals surface area contributed by atoms with Crippen molar-refractivity contribution in [1.29, 1.82) is 0 Å². The Kier molecular flexibility index (Phi) is 3.28. The number of fused-ring (bicyclic) bond motifs is 1. The van der Waals surface area contributed by atoms with Gasteiger partial charge in [0.1, 0.15) is 18.2 Å². The molecule has 1 atom stereocenters. The summed E-state index contributed by atoms with van der Waals surface area (Å²) >= 11 is 0. The number of rotatable bonds is 3. The van der Waals surface area contributed by atoms with Gasteiger partial charge in [0.05, 0.1) is 5.92 Å². The normalized spacial score (nSPS) is 16.8. The first-order valence-electron chi connectivity index (χ1n) is 6.63. The molecule has 104 valence electrons. The van der Waals surface area contributed by atoms with E-state index in [0.717, 1.165) is 11.3 Å². The number of ether oxygens (including phenoxy) is 1. The molecule has 0 bridgehead atoms. The Labute approximate surface area is 116 Å². The van der Waals surface area contributed by atoms with Crippen molar-refractivity contribution in [3.05, 3.63) is 57.3 Å². The average Bonchev–Trinajstić information content (AvgIpc) is 2.86. The number of para-hydroxylation sites is 1. The molecule has 0 fully saturated rings. The number of hydrogen-bond donors (Lipinski definition) is 2. The summed E-state index contributed by atoms with van der Waals surface area (Å²) in [4.78, 5) is 19.4. The Balaban J connectivity index is 2.03. The second-order valence-electron chi connectivity index (χ2n) is 4.89. The number of H-pyrrole nitrogens is 1. The largest absolute Gasteiger partial charge is 0.492 e. The monoisotopic (exact) mass is 272 g/mol. The van der Waals surface area contributed by atoms with Gasteiger partial charge in [0.25, 0.3) is 5.56 Å². The molecule has 0 saturated carbocycles. The van der Waals surface area contributed by atoms with E-state index in [4.69, 9.17) is 9.84 Å². The molecule has 2 aromatic rings. The van der Waals surface area contributed by atoms with Gasteiger partial charge in [-0.15, -0.1) is 0 Å². The SMILES string of the molecule is Cc1nc(C2COc3ccccc32)[nH]c(=O)c1CCO. The lowest BCUT2D eigenvalue weighted by atomic mass is 10.00. The first-order chi connectivity index (χ1) is 9.70. The molecule has 3 rings (SSSR count). The Morgan fingerprint density at radius 2 is 2.25 bits per heavy atom. The van der Waals surface area contributed by atoms with Crippen molar-refractivity contribution < 1.29 is 9.84 Å². The number of aromatic nitrogens is 2. The number of aliphatic hydroxyl groups excluding tert-OH is 1. The number of aliphatic hydroxyl groups is 1. The molecule has 0 amide bonds. The number of benzene rings is 1. The minimum absolute atomic E-state index is 0.0409. The third kappa shape index (κ3) is 2.10. The van der Waals surface area contributed by atoms with Crippen molar-refractivity contribution >= 4 is 0 Å². The molecule has 2 heterocycles. The van der Waals surface area contributed by atoms with E-state index < -0.39 is 0 Å². The van der Waals surface area contributed by atoms with Crippen LogP contribution in [-0.4, -0.2) is 28.3 Å². The van der Waals surface area contributed by atoms with Crippen LogP contribution < -0.4 is 10.3 Å². The fraction of sp³-hybridized carbons (Fsp3) is 0.333. The maximum Gasteiger partial charge on any atom is 0.254 e. The summed E-state index contributed by atoms with van der Waals surface area (Å²) in [5.41, 5.74) is 2.08. The highest BCUT2D eigenvalue weighted by Crippen LogP contribution is 2.36. The van der Waals surface area contributed by atoms with Gasteiger partial charge in [-0.25, -0.2) is 4.98 Å². The Bertz CT molecular complexity index is 694. The Morgan fingerprint density at radius 3 is 3.00 bits per heavy atom. The molecule has 5 heteroatoms. The van der Waals surface area contributed by atoms with E-state index in [9.17, 15) is 4.79 Å². The molecule has 5 nitrogen and oxygen atoms in total. The van der Waals surface area contributed by atoms with Gasteiger partial charge in [-0.05, 0) is 13.0 Å². The van der Waals surface area contributed by atoms with Crippen LogP contribution in [0.15, 0.2) is 29.1 Å². The lowest BCUT2D eigenvalue weighted by molar-refractivity contribution is 0.298. The molecular formula is C15H16N2O3. The molecule has 2 N–H and O–H groups in total. The lowest BCUT2D eigenvalue weighted by Crippen LogP contribution is -2.22. The van der Waals surface area contributed by atoms with Crippen LogP contribution in [0, 0.1) is 6.92 Å². The van der Waals surface area contributed by atoms with Crippen molar-refractivity contribution in [3.63, 3.8) is 0 Å². The van der Waals surface area contributed by atoms with Crippen LogP contribution >= 0.6 is 0 Å². The Hall–Kier alpha value is -2.14. The quantitative estimate of drug-likeness (QED) is 0.878. The average molecular weight is 272 g/mol. The number of hydrogen-bond acceptors (Lipinski definition) is 4.